The van der Waals surface area contributed by atoms with Crippen molar-refractivity contribution in [2.24, 2.45) is 0 Å². The molecule has 2 atom stereocenters. The number of aromatic nitrogens is 1. The average Bonchev–Trinajstić information content (AvgIpc) is 2.94. The Morgan fingerprint density at radius 3 is 1.80 bits per heavy atom. The van der Waals surface area contributed by atoms with Gasteiger partial charge in [0, 0.05) is 53.5 Å². The minimum atomic E-state index is -4.67. The van der Waals surface area contributed by atoms with Crippen LogP contribution in [0.2, 0.25) is 0 Å². The molecule has 1 saturated heterocycles. The van der Waals surface area contributed by atoms with Crippen molar-refractivity contribution in [3.05, 3.63) is 48.5 Å². The van der Waals surface area contributed by atoms with Crippen LogP contribution in [0, 0.1) is 0 Å². The van der Waals surface area contributed by atoms with Gasteiger partial charge in [0.25, 0.3) is 0 Å². The van der Waals surface area contributed by atoms with Gasteiger partial charge in [-0.25, -0.2) is 0 Å². The van der Waals surface area contributed by atoms with Gasteiger partial charge in [0.2, 0.25) is 0 Å². The monoisotopic (exact) mass is 437 g/mol. The average molecular weight is 438 g/mol. The van der Waals surface area contributed by atoms with Gasteiger partial charge in [0.1, 0.15) is 0 Å². The molecule has 8 nitrogen and oxygen atoms in total. The highest BCUT2D eigenvalue weighted by atomic mass is 32.3. The van der Waals surface area contributed by atoms with E-state index in [4.69, 9.17) is 17.5 Å². The molecule has 1 aliphatic rings. The molecule has 1 aromatic heterocycles. The van der Waals surface area contributed by atoms with Crippen LogP contribution in [0.1, 0.15) is 20.3 Å². The second-order valence-electron chi connectivity index (χ2n) is 7.72. The Labute approximate surface area is 177 Å². The van der Waals surface area contributed by atoms with Crippen molar-refractivity contribution in [1.82, 2.24) is 14.8 Å². The third kappa shape index (κ3) is 6.49. The van der Waals surface area contributed by atoms with Crippen LogP contribution in [0.4, 0.5) is 0 Å². The van der Waals surface area contributed by atoms with Gasteiger partial charge in [-0.15, -0.1) is 0 Å². The summed E-state index contributed by atoms with van der Waals surface area (Å²) in [6, 6.07) is 18.8. The quantitative estimate of drug-likeness (QED) is 0.538. The maximum Gasteiger partial charge on any atom is 0.394 e. The van der Waals surface area contributed by atoms with Crippen LogP contribution in [0.25, 0.3) is 21.8 Å². The first-order valence-corrected chi connectivity index (χ1v) is 11.3. The first-order valence-electron chi connectivity index (χ1n) is 9.86. The number of nitrogens with one attached hydrogen (secondary N) is 1. The summed E-state index contributed by atoms with van der Waals surface area (Å²) in [7, 11) is -4.67. The standard InChI is InChI=1S/C21H27N3.H2O4S.H2O/c1-16-14-23(15-17(2)22-16)12-7-13-24-20-10-5-3-8-18(20)19-9-4-6-11-21(19)24;1-5(2,3)4;/h3-6,8-11,16-17,22H,7,12-15H2,1-2H3;(H2,1,2,3,4);1H2/t16-,17+;;. The number of piperazine rings is 1. The summed E-state index contributed by atoms with van der Waals surface area (Å²) in [5.74, 6) is 0. The van der Waals surface area contributed by atoms with Crippen molar-refractivity contribution in [1.29, 1.82) is 0 Å². The summed E-state index contributed by atoms with van der Waals surface area (Å²) in [6.45, 7) is 9.16. The Morgan fingerprint density at radius 2 is 1.33 bits per heavy atom. The number of aryl methyl sites for hydroxylation is 1. The lowest BCUT2D eigenvalue weighted by molar-refractivity contribution is 0.170. The zero-order valence-corrected chi connectivity index (χ0v) is 18.1. The molecule has 0 bridgehead atoms. The molecule has 3 aromatic rings. The normalized spacial score (nSPS) is 19.9. The number of rotatable bonds is 4. The summed E-state index contributed by atoms with van der Waals surface area (Å²) in [4.78, 5) is 2.61. The molecule has 9 heteroatoms. The fourth-order valence-corrected chi connectivity index (χ4v) is 4.32. The van der Waals surface area contributed by atoms with E-state index in [0.717, 1.165) is 19.6 Å². The molecule has 2 aromatic carbocycles. The predicted molar refractivity (Wildman–Crippen MR) is 120 cm³/mol. The number of fused-ring (bicyclic) bond motifs is 3. The van der Waals surface area contributed by atoms with Crippen molar-refractivity contribution in [3.8, 4) is 0 Å². The molecule has 0 spiro atoms. The maximum absolute atomic E-state index is 8.74. The largest absolute Gasteiger partial charge is 0.412 e. The Morgan fingerprint density at radius 1 is 0.900 bits per heavy atom. The zero-order chi connectivity index (χ0) is 21.0. The number of nitrogens with zero attached hydrogens (tertiary/aromatic N) is 2. The van der Waals surface area contributed by atoms with Crippen molar-refractivity contribution in [2.45, 2.75) is 38.9 Å². The lowest BCUT2D eigenvalue weighted by Gasteiger charge is -2.36. The third-order valence-corrected chi connectivity index (χ3v) is 5.17. The number of para-hydroxylation sites is 2. The summed E-state index contributed by atoms with van der Waals surface area (Å²) in [5.41, 5.74) is 2.72. The van der Waals surface area contributed by atoms with E-state index in [1.165, 1.54) is 34.8 Å². The van der Waals surface area contributed by atoms with E-state index in [-0.39, 0.29) is 5.48 Å². The van der Waals surface area contributed by atoms with E-state index in [2.05, 4.69) is 77.2 Å². The molecule has 5 N–H and O–H groups in total. The van der Waals surface area contributed by atoms with Crippen LogP contribution in [-0.2, 0) is 16.9 Å². The topological polar surface area (TPSA) is 126 Å². The molecule has 0 unspecified atom stereocenters. The Hall–Kier alpha value is -2.01. The minimum Gasteiger partial charge on any atom is -0.412 e. The summed E-state index contributed by atoms with van der Waals surface area (Å²) < 4.78 is 34.1. The maximum atomic E-state index is 8.74. The molecule has 30 heavy (non-hydrogen) atoms. The Balaban J connectivity index is 0.000000482. The summed E-state index contributed by atoms with van der Waals surface area (Å²) in [5, 5.41) is 6.36. The van der Waals surface area contributed by atoms with Gasteiger partial charge in [-0.2, -0.15) is 8.42 Å². The summed E-state index contributed by atoms with van der Waals surface area (Å²) >= 11 is 0. The smallest absolute Gasteiger partial charge is 0.394 e. The molecular formula is C21H31N3O5S. The van der Waals surface area contributed by atoms with Gasteiger partial charge in [0.15, 0.2) is 0 Å². The second-order valence-corrected chi connectivity index (χ2v) is 8.61. The van der Waals surface area contributed by atoms with Crippen LogP contribution in [-0.4, -0.2) is 64.2 Å². The van der Waals surface area contributed by atoms with E-state index in [0.29, 0.717) is 12.1 Å². The fraction of sp³-hybridized carbons (Fsp3) is 0.429. The molecule has 0 saturated carbocycles. The first kappa shape index (κ1) is 24.3. The van der Waals surface area contributed by atoms with Crippen molar-refractivity contribution >= 4 is 32.2 Å². The van der Waals surface area contributed by atoms with Gasteiger partial charge < -0.3 is 20.3 Å². The number of benzene rings is 2. The van der Waals surface area contributed by atoms with E-state index in [1.807, 2.05) is 0 Å². The Kier molecular flexibility index (Phi) is 8.36. The SMILES string of the molecule is C[C@@H]1CN(CCCn2c3ccccc3c3ccccc32)C[C@H](C)N1.O.O=S(=O)(O)O. The molecule has 0 amide bonds. The molecule has 2 heterocycles. The molecule has 4 rings (SSSR count). The molecule has 166 valence electrons. The highest BCUT2D eigenvalue weighted by Crippen LogP contribution is 2.28. The van der Waals surface area contributed by atoms with Crippen LogP contribution in [0.3, 0.4) is 0 Å². The predicted octanol–water partition coefficient (Wildman–Crippen LogP) is 2.39. The minimum absolute atomic E-state index is 0. The van der Waals surface area contributed by atoms with Crippen molar-refractivity contribution in [2.75, 3.05) is 19.6 Å². The Bertz CT molecular complexity index is 996. The molecule has 0 radical (unpaired) electrons. The third-order valence-electron chi connectivity index (χ3n) is 5.17. The molecule has 1 aliphatic heterocycles. The van der Waals surface area contributed by atoms with Crippen LogP contribution in [0.15, 0.2) is 48.5 Å². The second kappa shape index (κ2) is 10.3. The highest BCUT2D eigenvalue weighted by Gasteiger charge is 2.20. The van der Waals surface area contributed by atoms with Gasteiger partial charge in [-0.1, -0.05) is 36.4 Å². The number of hydrogen-bond acceptors (Lipinski definition) is 4. The lowest BCUT2D eigenvalue weighted by Crippen LogP contribution is -2.54. The van der Waals surface area contributed by atoms with Gasteiger partial charge in [0.05, 0.1) is 0 Å². The van der Waals surface area contributed by atoms with E-state index in [9.17, 15) is 0 Å². The fourth-order valence-electron chi connectivity index (χ4n) is 4.32. The highest BCUT2D eigenvalue weighted by molar-refractivity contribution is 7.79. The van der Waals surface area contributed by atoms with Crippen molar-refractivity contribution in [3.63, 3.8) is 0 Å². The van der Waals surface area contributed by atoms with Gasteiger partial charge in [-0.05, 0) is 38.9 Å². The summed E-state index contributed by atoms with van der Waals surface area (Å²) in [6.07, 6.45) is 1.20. The first-order chi connectivity index (χ1) is 13.7. The zero-order valence-electron chi connectivity index (χ0n) is 17.3. The lowest BCUT2D eigenvalue weighted by atomic mass is 10.1. The number of hydrogen-bond donors (Lipinski definition) is 3. The van der Waals surface area contributed by atoms with Crippen molar-refractivity contribution < 1.29 is 23.0 Å². The molecular weight excluding hydrogens is 406 g/mol. The van der Waals surface area contributed by atoms with Gasteiger partial charge in [-0.3, -0.25) is 9.11 Å². The van der Waals surface area contributed by atoms with Crippen LogP contribution >= 0.6 is 0 Å². The molecule has 0 aliphatic carbocycles. The van der Waals surface area contributed by atoms with E-state index in [1.54, 1.807) is 0 Å². The van der Waals surface area contributed by atoms with E-state index >= 15 is 0 Å². The van der Waals surface area contributed by atoms with Crippen LogP contribution in [0.5, 0.6) is 0 Å². The van der Waals surface area contributed by atoms with Crippen LogP contribution < -0.4 is 5.32 Å². The molecule has 1 fully saturated rings. The van der Waals surface area contributed by atoms with E-state index < -0.39 is 10.4 Å². The van der Waals surface area contributed by atoms with Gasteiger partial charge >= 0.3 is 10.4 Å².